The van der Waals surface area contributed by atoms with Gasteiger partial charge in [-0.2, -0.15) is 5.26 Å². The molecule has 210 valence electrons. The Morgan fingerprint density at radius 3 is 1.59 bits per heavy atom. The molecular formula is C34H48N4O. The molecule has 5 heteroatoms. The van der Waals surface area contributed by atoms with E-state index in [0.717, 1.165) is 11.1 Å². The van der Waals surface area contributed by atoms with Gasteiger partial charge in [-0.25, -0.2) is 0 Å². The highest BCUT2D eigenvalue weighted by atomic mass is 16.4. The third kappa shape index (κ3) is 10.5. The Balaban J connectivity index is 1.30. The summed E-state index contributed by atoms with van der Waals surface area (Å²) in [7, 11) is 2.18. The number of nitrogens with zero attached hydrogens (tertiary/aromatic N) is 4. The van der Waals surface area contributed by atoms with E-state index in [-0.39, 0.29) is 0 Å². The maximum atomic E-state index is 8.97. The first-order valence-corrected chi connectivity index (χ1v) is 15.3. The normalized spacial score (nSPS) is 11.8. The second-order valence-electron chi connectivity index (χ2n) is 11.0. The van der Waals surface area contributed by atoms with Crippen molar-refractivity contribution in [1.29, 1.82) is 5.26 Å². The third-order valence-electron chi connectivity index (χ3n) is 7.84. The average Bonchev–Trinajstić information content (AvgIpc) is 3.47. The van der Waals surface area contributed by atoms with E-state index in [9.17, 15) is 0 Å². The second-order valence-corrected chi connectivity index (χ2v) is 11.0. The molecule has 2 aromatic carbocycles. The van der Waals surface area contributed by atoms with Crippen LogP contribution in [0, 0.1) is 11.3 Å². The molecule has 1 aromatic heterocycles. The van der Waals surface area contributed by atoms with Gasteiger partial charge in [0, 0.05) is 29.9 Å². The maximum absolute atomic E-state index is 8.97. The van der Waals surface area contributed by atoms with Gasteiger partial charge >= 0.3 is 0 Å². The number of aromatic nitrogens is 2. The molecule has 0 aliphatic carbocycles. The topological polar surface area (TPSA) is 66.0 Å². The quantitative estimate of drug-likeness (QED) is 0.145. The summed E-state index contributed by atoms with van der Waals surface area (Å²) in [6.45, 7) is 4.60. The summed E-state index contributed by atoms with van der Waals surface area (Å²) in [6, 6.07) is 18.1. The van der Waals surface area contributed by atoms with Crippen LogP contribution in [-0.2, 0) is 0 Å². The van der Waals surface area contributed by atoms with Crippen molar-refractivity contribution in [3.05, 3.63) is 54.1 Å². The SMILES string of the molecule is CCCCCCCCCCCCCCCCC(C)N(C)c1ccc(-c2nnc(-c3ccc(C#N)cc3)o2)cc1. The highest BCUT2D eigenvalue weighted by Gasteiger charge is 2.13. The van der Waals surface area contributed by atoms with E-state index in [1.165, 1.54) is 102 Å². The molecule has 3 aromatic rings. The summed E-state index contributed by atoms with van der Waals surface area (Å²) in [4.78, 5) is 2.36. The molecule has 5 nitrogen and oxygen atoms in total. The van der Waals surface area contributed by atoms with Crippen LogP contribution in [0.25, 0.3) is 22.9 Å². The van der Waals surface area contributed by atoms with E-state index in [2.05, 4.69) is 54.2 Å². The predicted molar refractivity (Wildman–Crippen MR) is 163 cm³/mol. The fraction of sp³-hybridized carbons (Fsp3) is 0.559. The zero-order valence-electron chi connectivity index (χ0n) is 24.5. The van der Waals surface area contributed by atoms with E-state index in [1.807, 2.05) is 24.3 Å². The molecule has 0 saturated carbocycles. The smallest absolute Gasteiger partial charge is 0.248 e. The predicted octanol–water partition coefficient (Wildman–Crippen LogP) is 9.97. The fourth-order valence-corrected chi connectivity index (χ4v) is 5.07. The van der Waals surface area contributed by atoms with E-state index in [4.69, 9.17) is 9.68 Å². The third-order valence-corrected chi connectivity index (χ3v) is 7.84. The summed E-state index contributed by atoms with van der Waals surface area (Å²) < 4.78 is 5.89. The van der Waals surface area contributed by atoms with Crippen LogP contribution >= 0.6 is 0 Å². The molecular weight excluding hydrogens is 480 g/mol. The van der Waals surface area contributed by atoms with Crippen molar-refractivity contribution in [1.82, 2.24) is 10.2 Å². The van der Waals surface area contributed by atoms with Crippen molar-refractivity contribution in [3.63, 3.8) is 0 Å². The lowest BCUT2D eigenvalue weighted by molar-refractivity contribution is 0.518. The van der Waals surface area contributed by atoms with Gasteiger partial charge < -0.3 is 9.32 Å². The van der Waals surface area contributed by atoms with Gasteiger partial charge in [-0.15, -0.1) is 10.2 Å². The number of anilines is 1. The van der Waals surface area contributed by atoms with Gasteiger partial charge in [0.05, 0.1) is 11.6 Å². The van der Waals surface area contributed by atoms with Crippen molar-refractivity contribution < 1.29 is 4.42 Å². The van der Waals surface area contributed by atoms with Crippen molar-refractivity contribution in [2.45, 2.75) is 116 Å². The molecule has 0 N–H and O–H groups in total. The zero-order valence-corrected chi connectivity index (χ0v) is 24.5. The van der Waals surface area contributed by atoms with Crippen LogP contribution < -0.4 is 4.90 Å². The minimum atomic E-state index is 0.456. The zero-order chi connectivity index (χ0) is 27.7. The van der Waals surface area contributed by atoms with E-state index < -0.39 is 0 Å². The van der Waals surface area contributed by atoms with E-state index in [1.54, 1.807) is 12.1 Å². The second kappa shape index (κ2) is 17.5. The first-order chi connectivity index (χ1) is 19.1. The van der Waals surface area contributed by atoms with Gasteiger partial charge in [-0.05, 0) is 61.9 Å². The van der Waals surface area contributed by atoms with E-state index in [0.29, 0.717) is 23.4 Å². The minimum absolute atomic E-state index is 0.456. The summed E-state index contributed by atoms with van der Waals surface area (Å²) in [6.07, 6.45) is 20.8. The molecule has 0 aliphatic rings. The molecule has 3 rings (SSSR count). The van der Waals surface area contributed by atoms with Crippen LogP contribution in [0.5, 0.6) is 0 Å². The summed E-state index contributed by atoms with van der Waals surface area (Å²) in [5, 5.41) is 17.4. The van der Waals surface area contributed by atoms with Gasteiger partial charge in [0.15, 0.2) is 0 Å². The first kappa shape index (κ1) is 30.4. The molecule has 1 atom stereocenters. The van der Waals surface area contributed by atoms with Crippen LogP contribution in [0.15, 0.2) is 52.9 Å². The maximum Gasteiger partial charge on any atom is 0.248 e. The number of nitriles is 1. The van der Waals surface area contributed by atoms with Gasteiger partial charge in [0.25, 0.3) is 0 Å². The largest absolute Gasteiger partial charge is 0.416 e. The monoisotopic (exact) mass is 528 g/mol. The Hall–Kier alpha value is -3.13. The Morgan fingerprint density at radius 2 is 1.13 bits per heavy atom. The number of rotatable bonds is 19. The average molecular weight is 529 g/mol. The molecule has 0 saturated heterocycles. The van der Waals surface area contributed by atoms with Crippen LogP contribution in [0.3, 0.4) is 0 Å². The Morgan fingerprint density at radius 1 is 0.692 bits per heavy atom. The summed E-state index contributed by atoms with van der Waals surface area (Å²) in [5.41, 5.74) is 3.51. The lowest BCUT2D eigenvalue weighted by Gasteiger charge is -2.27. The summed E-state index contributed by atoms with van der Waals surface area (Å²) in [5.74, 6) is 0.955. The van der Waals surface area contributed by atoms with Crippen molar-refractivity contribution in [3.8, 4) is 29.0 Å². The van der Waals surface area contributed by atoms with Crippen LogP contribution in [0.1, 0.15) is 116 Å². The number of hydrogen-bond donors (Lipinski definition) is 0. The fourth-order valence-electron chi connectivity index (χ4n) is 5.07. The summed E-state index contributed by atoms with van der Waals surface area (Å²) >= 11 is 0. The molecule has 1 unspecified atom stereocenters. The molecule has 1 heterocycles. The standard InChI is InChI=1S/C34H48N4O/c1-4-5-6-7-8-9-10-11-12-13-14-15-16-17-18-28(2)38(3)32-25-23-31(24-26-32)34-37-36-33(39-34)30-21-19-29(27-35)20-22-30/h19-26,28H,4-18H2,1-3H3. The minimum Gasteiger partial charge on any atom is -0.416 e. The Bertz CT molecular complexity index is 1100. The number of unbranched alkanes of at least 4 members (excludes halogenated alkanes) is 13. The van der Waals surface area contributed by atoms with Gasteiger partial charge in [0.1, 0.15) is 0 Å². The molecule has 0 fully saturated rings. The van der Waals surface area contributed by atoms with Crippen molar-refractivity contribution in [2.24, 2.45) is 0 Å². The Kier molecular flexibility index (Phi) is 13.6. The lowest BCUT2D eigenvalue weighted by Crippen LogP contribution is -2.28. The van der Waals surface area contributed by atoms with Crippen LogP contribution in [-0.4, -0.2) is 23.3 Å². The molecule has 0 spiro atoms. The van der Waals surface area contributed by atoms with Crippen molar-refractivity contribution in [2.75, 3.05) is 11.9 Å². The van der Waals surface area contributed by atoms with E-state index >= 15 is 0 Å². The van der Waals surface area contributed by atoms with Crippen molar-refractivity contribution >= 4 is 5.69 Å². The van der Waals surface area contributed by atoms with Crippen LogP contribution in [0.4, 0.5) is 5.69 Å². The first-order valence-electron chi connectivity index (χ1n) is 15.3. The number of benzene rings is 2. The Labute approximate surface area is 236 Å². The van der Waals surface area contributed by atoms with Crippen LogP contribution in [0.2, 0.25) is 0 Å². The highest BCUT2D eigenvalue weighted by molar-refractivity contribution is 5.61. The number of hydrogen-bond acceptors (Lipinski definition) is 5. The van der Waals surface area contributed by atoms with Gasteiger partial charge in [0.2, 0.25) is 11.8 Å². The highest BCUT2D eigenvalue weighted by Crippen LogP contribution is 2.27. The van der Waals surface area contributed by atoms with Gasteiger partial charge in [-0.1, -0.05) is 96.8 Å². The molecule has 0 amide bonds. The van der Waals surface area contributed by atoms with Gasteiger partial charge in [-0.3, -0.25) is 0 Å². The molecule has 0 aliphatic heterocycles. The molecule has 39 heavy (non-hydrogen) atoms. The lowest BCUT2D eigenvalue weighted by atomic mass is 10.0. The molecule has 0 radical (unpaired) electrons. The molecule has 0 bridgehead atoms.